The summed E-state index contributed by atoms with van der Waals surface area (Å²) in [6.07, 6.45) is 1.48. The number of amides is 1. The smallest absolute Gasteiger partial charge is 0.278 e. The number of pyridine rings is 1. The molecule has 0 radical (unpaired) electrons. The number of benzene rings is 2. The molecule has 3 heterocycles. The second-order valence-corrected chi connectivity index (χ2v) is 9.68. The van der Waals surface area contributed by atoms with Gasteiger partial charge in [0.2, 0.25) is 5.43 Å². The predicted octanol–water partition coefficient (Wildman–Crippen LogP) is 3.10. The monoisotopic (exact) mass is 511 g/mol. The topological polar surface area (TPSA) is 84.2 Å². The lowest BCUT2D eigenvalue weighted by molar-refractivity contribution is 0.0203. The van der Waals surface area contributed by atoms with E-state index in [1.54, 1.807) is 6.07 Å². The average Bonchev–Trinajstić information content (AvgIpc) is 3.04. The first-order valence-corrected chi connectivity index (χ1v) is 12.4. The van der Waals surface area contributed by atoms with Crippen molar-refractivity contribution >= 4 is 17.7 Å². The van der Waals surface area contributed by atoms with Gasteiger partial charge in [0.1, 0.15) is 12.5 Å². The molecule has 2 aromatic carbocycles. The van der Waals surface area contributed by atoms with Gasteiger partial charge in [-0.3, -0.25) is 19.3 Å². The number of carbonyl (C=O) groups is 1. The third kappa shape index (κ3) is 4.04. The van der Waals surface area contributed by atoms with Crippen molar-refractivity contribution < 1.29 is 23.8 Å². The summed E-state index contributed by atoms with van der Waals surface area (Å²) in [6.45, 7) is 0.465. The third-order valence-electron chi connectivity index (χ3n) is 6.56. The zero-order valence-electron chi connectivity index (χ0n) is 19.9. The van der Waals surface area contributed by atoms with Crippen molar-refractivity contribution in [3.8, 4) is 5.75 Å². The Morgan fingerprint density at radius 3 is 2.53 bits per heavy atom. The Hall–Kier alpha value is -3.34. The third-order valence-corrected chi connectivity index (χ3v) is 7.74. The number of hydrogen-bond donors (Lipinski definition) is 1. The van der Waals surface area contributed by atoms with Crippen LogP contribution in [0.25, 0.3) is 0 Å². The zero-order chi connectivity index (χ0) is 25.4. The van der Waals surface area contributed by atoms with Crippen LogP contribution < -0.4 is 10.4 Å². The molecular formula is C26H26FN3O5S. The molecular weight excluding hydrogens is 485 g/mol. The fourth-order valence-electron chi connectivity index (χ4n) is 4.92. The molecule has 0 saturated carbocycles. The molecule has 3 aromatic rings. The number of ether oxygens (including phenoxy) is 2. The highest BCUT2D eigenvalue weighted by Gasteiger charge is 2.41. The fourth-order valence-corrected chi connectivity index (χ4v) is 6.03. The first kappa shape index (κ1) is 24.4. The SMILES string of the molecule is COCC(COC)N1CN(C2c3ccccc3CSc3c(F)cccc32)n2ccc(=O)c(O)c2C1=O. The van der Waals surface area contributed by atoms with E-state index in [0.29, 0.717) is 10.6 Å². The van der Waals surface area contributed by atoms with Crippen LogP contribution in [0.2, 0.25) is 0 Å². The van der Waals surface area contributed by atoms with Crippen molar-refractivity contribution in [2.75, 3.05) is 39.1 Å². The Labute approximate surface area is 211 Å². The van der Waals surface area contributed by atoms with E-state index in [-0.39, 0.29) is 31.4 Å². The van der Waals surface area contributed by atoms with E-state index in [9.17, 15) is 14.7 Å². The highest BCUT2D eigenvalue weighted by Crippen LogP contribution is 2.44. The Balaban J connectivity index is 1.76. The number of aromatic nitrogens is 1. The molecule has 2 aliphatic rings. The second kappa shape index (κ2) is 9.96. The molecule has 8 nitrogen and oxygen atoms in total. The van der Waals surface area contributed by atoms with Crippen LogP contribution in [-0.2, 0) is 15.2 Å². The van der Waals surface area contributed by atoms with Gasteiger partial charge in [0.05, 0.1) is 25.3 Å². The summed E-state index contributed by atoms with van der Waals surface area (Å²) in [7, 11) is 3.06. The van der Waals surface area contributed by atoms with Crippen molar-refractivity contribution in [1.29, 1.82) is 0 Å². The van der Waals surface area contributed by atoms with E-state index in [4.69, 9.17) is 9.47 Å². The molecule has 2 aliphatic heterocycles. The van der Waals surface area contributed by atoms with E-state index >= 15 is 4.39 Å². The van der Waals surface area contributed by atoms with Crippen LogP contribution in [0.4, 0.5) is 4.39 Å². The molecule has 5 rings (SSSR count). The molecule has 0 saturated heterocycles. The summed E-state index contributed by atoms with van der Waals surface area (Å²) in [5.74, 6) is -0.896. The number of aromatic hydroxyl groups is 1. The molecule has 0 fully saturated rings. The van der Waals surface area contributed by atoms with E-state index < -0.39 is 29.2 Å². The van der Waals surface area contributed by atoms with E-state index in [2.05, 4.69) is 0 Å². The first-order chi connectivity index (χ1) is 17.5. The first-order valence-electron chi connectivity index (χ1n) is 11.5. The minimum absolute atomic E-state index is 0.0884. The van der Waals surface area contributed by atoms with Crippen molar-refractivity contribution in [1.82, 2.24) is 9.58 Å². The Bertz CT molecular complexity index is 1360. The summed E-state index contributed by atoms with van der Waals surface area (Å²) < 4.78 is 27.3. The fraction of sp³-hybridized carbons (Fsp3) is 0.308. The molecule has 10 heteroatoms. The van der Waals surface area contributed by atoms with Crippen LogP contribution in [-0.4, -0.2) is 60.7 Å². The highest BCUT2D eigenvalue weighted by molar-refractivity contribution is 7.98. The minimum atomic E-state index is -0.658. The molecule has 1 aromatic heterocycles. The summed E-state index contributed by atoms with van der Waals surface area (Å²) >= 11 is 1.43. The minimum Gasteiger partial charge on any atom is -0.502 e. The molecule has 0 bridgehead atoms. The van der Waals surface area contributed by atoms with Crippen molar-refractivity contribution in [3.05, 3.63) is 93.2 Å². The maximum Gasteiger partial charge on any atom is 0.278 e. The normalized spacial score (nSPS) is 17.0. The lowest BCUT2D eigenvalue weighted by atomic mass is 9.94. The zero-order valence-corrected chi connectivity index (χ0v) is 20.7. The van der Waals surface area contributed by atoms with Crippen molar-refractivity contribution in [3.63, 3.8) is 0 Å². The molecule has 0 aliphatic carbocycles. The van der Waals surface area contributed by atoms with Gasteiger partial charge in [0, 0.05) is 37.1 Å². The molecule has 0 spiro atoms. The number of fused-ring (bicyclic) bond motifs is 3. The highest BCUT2D eigenvalue weighted by atomic mass is 32.2. The predicted molar refractivity (Wildman–Crippen MR) is 133 cm³/mol. The lowest BCUT2D eigenvalue weighted by Gasteiger charge is -2.46. The molecule has 1 N–H and O–H groups in total. The van der Waals surface area contributed by atoms with Crippen LogP contribution >= 0.6 is 11.8 Å². The number of hydrogen-bond acceptors (Lipinski definition) is 7. The van der Waals surface area contributed by atoms with Gasteiger partial charge in [-0.05, 0) is 22.8 Å². The van der Waals surface area contributed by atoms with Gasteiger partial charge in [-0.2, -0.15) is 0 Å². The molecule has 1 unspecified atom stereocenters. The van der Waals surface area contributed by atoms with E-state index in [0.717, 1.165) is 16.7 Å². The lowest BCUT2D eigenvalue weighted by Crippen LogP contribution is -2.59. The molecule has 36 heavy (non-hydrogen) atoms. The van der Waals surface area contributed by atoms with Crippen molar-refractivity contribution in [2.45, 2.75) is 22.7 Å². The number of halogens is 1. The Morgan fingerprint density at radius 2 is 1.78 bits per heavy atom. The summed E-state index contributed by atoms with van der Waals surface area (Å²) in [5.41, 5.74) is 1.90. The maximum atomic E-state index is 15.1. The van der Waals surface area contributed by atoms with Gasteiger partial charge in [-0.15, -0.1) is 11.8 Å². The van der Waals surface area contributed by atoms with Crippen molar-refractivity contribution in [2.24, 2.45) is 0 Å². The Morgan fingerprint density at radius 1 is 1.06 bits per heavy atom. The van der Waals surface area contributed by atoms with Gasteiger partial charge in [0.15, 0.2) is 11.4 Å². The summed E-state index contributed by atoms with van der Waals surface area (Å²) in [6, 6.07) is 13.1. The van der Waals surface area contributed by atoms with Gasteiger partial charge < -0.3 is 19.5 Å². The van der Waals surface area contributed by atoms with Gasteiger partial charge >= 0.3 is 0 Å². The van der Waals surface area contributed by atoms with E-state index in [1.165, 1.54) is 53.9 Å². The second-order valence-electron chi connectivity index (χ2n) is 8.69. The number of thioether (sulfide) groups is 1. The van der Waals surface area contributed by atoms with Gasteiger partial charge in [-0.1, -0.05) is 36.4 Å². The van der Waals surface area contributed by atoms with E-state index in [1.807, 2.05) is 35.3 Å². The molecule has 188 valence electrons. The molecule has 1 amide bonds. The average molecular weight is 512 g/mol. The summed E-state index contributed by atoms with van der Waals surface area (Å²) in [4.78, 5) is 28.1. The van der Waals surface area contributed by atoms with Crippen LogP contribution in [0.15, 0.2) is 64.4 Å². The van der Waals surface area contributed by atoms with Gasteiger partial charge in [-0.25, -0.2) is 4.39 Å². The van der Waals surface area contributed by atoms with Crippen LogP contribution in [0, 0.1) is 5.82 Å². The maximum absolute atomic E-state index is 15.1. The van der Waals surface area contributed by atoms with Gasteiger partial charge in [0.25, 0.3) is 5.91 Å². The molecule has 1 atom stereocenters. The quantitative estimate of drug-likeness (QED) is 0.545. The number of rotatable bonds is 6. The van der Waals surface area contributed by atoms with Crippen LogP contribution in [0.3, 0.4) is 0 Å². The number of methoxy groups -OCH3 is 2. The largest absolute Gasteiger partial charge is 0.502 e. The summed E-state index contributed by atoms with van der Waals surface area (Å²) in [5, 5.41) is 12.6. The number of nitrogens with zero attached hydrogens (tertiary/aromatic N) is 3. The number of carbonyl (C=O) groups excluding carboxylic acids is 1. The standard InChI is InChI=1S/C26H26FN3O5S/c1-34-12-17(13-35-2)28-15-30(29-11-10-21(31)24(32)23(29)26(28)33)22-18-7-4-3-6-16(18)14-36-25-19(22)8-5-9-20(25)27/h3-11,17,22,32H,12-15H2,1-2H3. The van der Waals surface area contributed by atoms with Crippen LogP contribution in [0.5, 0.6) is 5.75 Å². The Kier molecular flexibility index (Phi) is 6.74. The van der Waals surface area contributed by atoms with Crippen LogP contribution in [0.1, 0.15) is 33.2 Å².